The Morgan fingerprint density at radius 2 is 2.00 bits per heavy atom. The molecule has 1 aliphatic heterocycles. The number of halogens is 2. The van der Waals surface area contributed by atoms with Crippen molar-refractivity contribution in [3.63, 3.8) is 0 Å². The van der Waals surface area contributed by atoms with Crippen molar-refractivity contribution in [3.05, 3.63) is 45.1 Å². The van der Waals surface area contributed by atoms with Crippen molar-refractivity contribution in [1.29, 1.82) is 0 Å². The number of rotatable bonds is 1. The van der Waals surface area contributed by atoms with E-state index in [1.165, 1.54) is 18.2 Å². The lowest BCUT2D eigenvalue weighted by atomic mass is 9.93. The highest BCUT2D eigenvalue weighted by molar-refractivity contribution is 6.36. The summed E-state index contributed by atoms with van der Waals surface area (Å²) >= 11 is 6.14. The van der Waals surface area contributed by atoms with Gasteiger partial charge in [0.15, 0.2) is 0 Å². The second-order valence-electron chi connectivity index (χ2n) is 8.32. The maximum atomic E-state index is 13.9. The van der Waals surface area contributed by atoms with Gasteiger partial charge in [0.1, 0.15) is 17.1 Å². The van der Waals surface area contributed by atoms with Crippen molar-refractivity contribution in [2.75, 3.05) is 13.1 Å². The molecule has 0 radical (unpaired) electrons. The van der Waals surface area contributed by atoms with Crippen molar-refractivity contribution in [3.8, 4) is 0 Å². The van der Waals surface area contributed by atoms with E-state index >= 15 is 0 Å². The van der Waals surface area contributed by atoms with Gasteiger partial charge >= 0.3 is 6.09 Å². The number of nitrogens with one attached hydrogen (secondary N) is 1. The summed E-state index contributed by atoms with van der Waals surface area (Å²) in [4.78, 5) is 29.0. The van der Waals surface area contributed by atoms with E-state index in [1.807, 2.05) is 20.8 Å². The maximum Gasteiger partial charge on any atom is 0.410 e. The molecule has 1 fully saturated rings. The molecule has 1 aliphatic rings. The van der Waals surface area contributed by atoms with Gasteiger partial charge in [-0.05, 0) is 45.7 Å². The lowest BCUT2D eigenvalue weighted by Gasteiger charge is -2.33. The molecule has 7 nitrogen and oxygen atoms in total. The summed E-state index contributed by atoms with van der Waals surface area (Å²) in [5.41, 5.74) is 0.757. The summed E-state index contributed by atoms with van der Waals surface area (Å²) < 4.78 is 21.0. The summed E-state index contributed by atoms with van der Waals surface area (Å²) in [6, 6.07) is 4.31. The van der Waals surface area contributed by atoms with Gasteiger partial charge in [-0.2, -0.15) is 5.10 Å². The molecule has 0 spiro atoms. The first-order valence-electron chi connectivity index (χ1n) is 9.51. The minimum atomic E-state index is -0.564. The van der Waals surface area contributed by atoms with Crippen molar-refractivity contribution < 1.29 is 13.9 Å². The van der Waals surface area contributed by atoms with Gasteiger partial charge in [-0.25, -0.2) is 13.7 Å². The first kappa shape index (κ1) is 19.7. The number of hydrogen-bond acceptors (Lipinski definition) is 4. The summed E-state index contributed by atoms with van der Waals surface area (Å²) in [6.45, 7) is 6.54. The predicted octanol–water partition coefficient (Wildman–Crippen LogP) is 4.08. The molecule has 1 saturated heterocycles. The van der Waals surface area contributed by atoms with Crippen LogP contribution in [0.1, 0.15) is 45.2 Å². The molecule has 0 saturated carbocycles. The number of amides is 1. The predicted molar refractivity (Wildman–Crippen MR) is 108 cm³/mol. The number of carbonyl (C=O) groups excluding carboxylic acids is 1. The molecule has 1 amide bonds. The summed E-state index contributed by atoms with van der Waals surface area (Å²) in [5, 5.41) is 4.85. The van der Waals surface area contributed by atoms with Gasteiger partial charge in [0, 0.05) is 25.1 Å². The van der Waals surface area contributed by atoms with Gasteiger partial charge in [-0.1, -0.05) is 11.6 Å². The van der Waals surface area contributed by atoms with E-state index in [1.54, 1.807) is 9.42 Å². The third-order valence-electron chi connectivity index (χ3n) is 5.06. The van der Waals surface area contributed by atoms with Crippen LogP contribution in [0.5, 0.6) is 0 Å². The summed E-state index contributed by atoms with van der Waals surface area (Å²) in [6.07, 6.45) is 0.991. The van der Waals surface area contributed by atoms with E-state index in [0.717, 1.165) is 5.69 Å². The quantitative estimate of drug-likeness (QED) is 0.643. The Kier molecular flexibility index (Phi) is 4.77. The number of ether oxygens (including phenoxy) is 1. The molecule has 1 aromatic carbocycles. The van der Waals surface area contributed by atoms with Crippen molar-refractivity contribution in [2.45, 2.75) is 45.1 Å². The summed E-state index contributed by atoms with van der Waals surface area (Å²) in [5.74, 6) is -0.539. The topological polar surface area (TPSA) is 79.7 Å². The SMILES string of the molecule is CC(C)(C)OC(=O)N1CCC(c2cc(=O)[nH]c3c4c(Cl)c(F)ccc4nn23)CC1. The lowest BCUT2D eigenvalue weighted by Crippen LogP contribution is -2.41. The molecule has 154 valence electrons. The highest BCUT2D eigenvalue weighted by Gasteiger charge is 2.29. The largest absolute Gasteiger partial charge is 0.444 e. The molecule has 0 unspecified atom stereocenters. The zero-order chi connectivity index (χ0) is 20.9. The molecular weight excluding hydrogens is 399 g/mol. The minimum Gasteiger partial charge on any atom is -0.444 e. The van der Waals surface area contributed by atoms with Gasteiger partial charge in [-0.3, -0.25) is 4.79 Å². The Bertz CT molecular complexity index is 1160. The first-order valence-corrected chi connectivity index (χ1v) is 9.89. The maximum absolute atomic E-state index is 13.9. The third kappa shape index (κ3) is 3.69. The van der Waals surface area contributed by atoms with Gasteiger partial charge in [-0.15, -0.1) is 0 Å². The number of carbonyl (C=O) groups is 1. The van der Waals surface area contributed by atoms with Crippen LogP contribution in [0, 0.1) is 5.82 Å². The molecule has 2 aromatic heterocycles. The van der Waals surface area contributed by atoms with Gasteiger partial charge in [0.05, 0.1) is 21.6 Å². The Morgan fingerprint density at radius 3 is 2.66 bits per heavy atom. The molecule has 0 atom stereocenters. The van der Waals surface area contributed by atoms with Gasteiger partial charge < -0.3 is 14.6 Å². The van der Waals surface area contributed by atoms with E-state index in [0.29, 0.717) is 42.5 Å². The number of hydrogen-bond donors (Lipinski definition) is 1. The van der Waals surface area contributed by atoms with E-state index in [9.17, 15) is 14.0 Å². The molecule has 0 bridgehead atoms. The number of H-pyrrole nitrogens is 1. The standard InChI is InChI=1S/C20H22ClFN4O3/c1-20(2,3)29-19(28)25-8-6-11(7-9-25)14-10-15(27)23-18-16-13(24-26(14)18)5-4-12(22)17(16)21/h4-5,10-11H,6-9H2,1-3H3,(H,23,27). The van der Waals surface area contributed by atoms with Crippen LogP contribution in [0.25, 0.3) is 16.6 Å². The first-order chi connectivity index (χ1) is 13.6. The second-order valence-corrected chi connectivity index (χ2v) is 8.69. The Balaban J connectivity index is 1.66. The smallest absolute Gasteiger partial charge is 0.410 e. The van der Waals surface area contributed by atoms with Crippen LogP contribution in [0.3, 0.4) is 0 Å². The average molecular weight is 421 g/mol. The Labute approximate surface area is 171 Å². The number of aromatic amines is 1. The Morgan fingerprint density at radius 1 is 1.31 bits per heavy atom. The molecule has 9 heteroatoms. The molecular formula is C20H22ClFN4O3. The van der Waals surface area contributed by atoms with Crippen molar-refractivity contribution in [1.82, 2.24) is 19.5 Å². The molecule has 0 aliphatic carbocycles. The second kappa shape index (κ2) is 7.02. The number of piperidine rings is 1. The van der Waals surface area contributed by atoms with E-state index in [-0.39, 0.29) is 22.6 Å². The van der Waals surface area contributed by atoms with Crippen molar-refractivity contribution >= 4 is 34.2 Å². The summed E-state index contributed by atoms with van der Waals surface area (Å²) in [7, 11) is 0. The number of nitrogens with zero attached hydrogens (tertiary/aromatic N) is 3. The van der Waals surface area contributed by atoms with E-state index in [4.69, 9.17) is 16.3 Å². The monoisotopic (exact) mass is 420 g/mol. The third-order valence-corrected chi connectivity index (χ3v) is 5.43. The van der Waals surface area contributed by atoms with Crippen LogP contribution in [0.15, 0.2) is 23.0 Å². The van der Waals surface area contributed by atoms with Crippen LogP contribution in [0.2, 0.25) is 5.02 Å². The fourth-order valence-corrected chi connectivity index (χ4v) is 3.99. The highest BCUT2D eigenvalue weighted by atomic mass is 35.5. The fraction of sp³-hybridized carbons (Fsp3) is 0.450. The zero-order valence-corrected chi connectivity index (χ0v) is 17.2. The van der Waals surface area contributed by atoms with Crippen molar-refractivity contribution in [2.24, 2.45) is 0 Å². The number of benzene rings is 1. The fourth-order valence-electron chi connectivity index (χ4n) is 3.74. The van der Waals surface area contributed by atoms with Crippen LogP contribution in [0.4, 0.5) is 9.18 Å². The number of aromatic nitrogens is 3. The molecule has 1 N–H and O–H groups in total. The van der Waals surface area contributed by atoms with Crippen LogP contribution in [-0.2, 0) is 4.74 Å². The van der Waals surface area contributed by atoms with Crippen LogP contribution in [-0.4, -0.2) is 44.3 Å². The van der Waals surface area contributed by atoms with E-state index in [2.05, 4.69) is 10.1 Å². The molecule has 3 aromatic rings. The molecule has 29 heavy (non-hydrogen) atoms. The Hall–Kier alpha value is -2.61. The normalized spacial score (nSPS) is 16.0. The zero-order valence-electron chi connectivity index (χ0n) is 16.5. The molecule has 4 rings (SSSR count). The van der Waals surface area contributed by atoms with Crippen LogP contribution < -0.4 is 5.56 Å². The van der Waals surface area contributed by atoms with Gasteiger partial charge in [0.25, 0.3) is 5.56 Å². The lowest BCUT2D eigenvalue weighted by molar-refractivity contribution is 0.0203. The average Bonchev–Trinajstić information content (AvgIpc) is 3.02. The molecule has 3 heterocycles. The van der Waals surface area contributed by atoms with Gasteiger partial charge in [0.2, 0.25) is 0 Å². The number of likely N-dealkylation sites (tertiary alicyclic amines) is 1. The van der Waals surface area contributed by atoms with E-state index < -0.39 is 11.4 Å². The highest BCUT2D eigenvalue weighted by Crippen LogP contribution is 2.32. The number of fused-ring (bicyclic) bond motifs is 3. The minimum absolute atomic E-state index is 0.0245. The van der Waals surface area contributed by atoms with Crippen LogP contribution >= 0.6 is 11.6 Å².